The minimum atomic E-state index is -0.535. The van der Waals surface area contributed by atoms with Gasteiger partial charge in [0.25, 0.3) is 0 Å². The Morgan fingerprint density at radius 3 is 2.06 bits per heavy atom. The SMILES string of the molecule is C=CCOC(C)(C)C#CB(OC(C)C)OC(C)C. The molecule has 0 N–H and O–H groups in total. The molecule has 0 saturated heterocycles. The number of hydrogen-bond donors (Lipinski definition) is 0. The average Bonchev–Trinajstić information content (AvgIpc) is 2.22. The number of hydrogen-bond acceptors (Lipinski definition) is 3. The van der Waals surface area contributed by atoms with Crippen molar-refractivity contribution in [2.24, 2.45) is 0 Å². The first-order chi connectivity index (χ1) is 8.26. The Bertz CT molecular complexity index is 290. The van der Waals surface area contributed by atoms with Crippen LogP contribution in [0.1, 0.15) is 41.5 Å². The van der Waals surface area contributed by atoms with Gasteiger partial charge in [-0.3, -0.25) is 0 Å². The molecule has 0 radical (unpaired) electrons. The van der Waals surface area contributed by atoms with Crippen molar-refractivity contribution >= 4 is 7.12 Å². The van der Waals surface area contributed by atoms with E-state index in [-0.39, 0.29) is 12.2 Å². The van der Waals surface area contributed by atoms with Gasteiger partial charge in [-0.15, -0.1) is 6.58 Å². The van der Waals surface area contributed by atoms with E-state index in [9.17, 15) is 0 Å². The molecule has 0 aliphatic carbocycles. The summed E-state index contributed by atoms with van der Waals surface area (Å²) in [7, 11) is -0.517. The van der Waals surface area contributed by atoms with Crippen molar-refractivity contribution in [3.8, 4) is 11.7 Å². The Balaban J connectivity index is 4.59. The molecule has 0 bridgehead atoms. The van der Waals surface area contributed by atoms with Crippen LogP contribution in [0.5, 0.6) is 0 Å². The third-order valence-corrected chi connectivity index (χ3v) is 1.84. The third kappa shape index (κ3) is 9.29. The van der Waals surface area contributed by atoms with Gasteiger partial charge < -0.3 is 14.0 Å². The summed E-state index contributed by atoms with van der Waals surface area (Å²) in [6.45, 7) is 15.7. The van der Waals surface area contributed by atoms with E-state index < -0.39 is 12.7 Å². The van der Waals surface area contributed by atoms with Gasteiger partial charge in [0, 0.05) is 12.2 Å². The molecule has 0 rings (SSSR count). The molecule has 0 aromatic carbocycles. The molecule has 0 saturated carbocycles. The van der Waals surface area contributed by atoms with E-state index in [0.29, 0.717) is 6.61 Å². The van der Waals surface area contributed by atoms with Crippen molar-refractivity contribution in [3.63, 3.8) is 0 Å². The van der Waals surface area contributed by atoms with Crippen molar-refractivity contribution in [3.05, 3.63) is 12.7 Å². The first-order valence-electron chi connectivity index (χ1n) is 6.35. The second-order valence-electron chi connectivity index (χ2n) is 5.08. The molecule has 0 spiro atoms. The van der Waals surface area contributed by atoms with E-state index in [2.05, 4.69) is 18.3 Å². The average molecular weight is 252 g/mol. The molecule has 102 valence electrons. The van der Waals surface area contributed by atoms with Crippen LogP contribution in [0.4, 0.5) is 0 Å². The largest absolute Gasteiger partial charge is 0.550 e. The molecule has 0 aliphatic heterocycles. The predicted octanol–water partition coefficient (Wildman–Crippen LogP) is 2.85. The number of rotatable bonds is 7. The van der Waals surface area contributed by atoms with E-state index in [1.807, 2.05) is 41.5 Å². The van der Waals surface area contributed by atoms with Crippen molar-refractivity contribution < 1.29 is 14.0 Å². The summed E-state index contributed by atoms with van der Waals surface area (Å²) in [6, 6.07) is 0. The van der Waals surface area contributed by atoms with Crippen LogP contribution in [-0.4, -0.2) is 31.5 Å². The zero-order chi connectivity index (χ0) is 14.2. The normalized spacial score (nSPS) is 11.3. The number of ether oxygens (including phenoxy) is 1. The Kier molecular flexibility index (Phi) is 8.01. The smallest absolute Gasteiger partial charge is 0.398 e. The first kappa shape index (κ1) is 17.2. The quantitative estimate of drug-likeness (QED) is 0.396. The summed E-state index contributed by atoms with van der Waals surface area (Å²) in [5, 5.41) is 0. The lowest BCUT2D eigenvalue weighted by molar-refractivity contribution is 0.0469. The minimum Gasteiger partial charge on any atom is -0.398 e. The highest BCUT2D eigenvalue weighted by atomic mass is 16.6. The van der Waals surface area contributed by atoms with Gasteiger partial charge in [-0.05, 0) is 41.5 Å². The zero-order valence-electron chi connectivity index (χ0n) is 12.4. The van der Waals surface area contributed by atoms with Crippen LogP contribution < -0.4 is 0 Å². The molecule has 3 nitrogen and oxygen atoms in total. The van der Waals surface area contributed by atoms with E-state index in [1.54, 1.807) is 6.08 Å². The molecule has 0 atom stereocenters. The van der Waals surface area contributed by atoms with Gasteiger partial charge in [0.2, 0.25) is 0 Å². The fourth-order valence-corrected chi connectivity index (χ4v) is 1.13. The Morgan fingerprint density at radius 2 is 1.67 bits per heavy atom. The highest BCUT2D eigenvalue weighted by molar-refractivity contribution is 6.54. The maximum absolute atomic E-state index is 5.59. The molecule has 0 aliphatic rings. The van der Waals surface area contributed by atoms with E-state index in [0.717, 1.165) is 0 Å². The summed E-state index contributed by atoms with van der Waals surface area (Å²) in [5.41, 5.74) is -0.535. The van der Waals surface area contributed by atoms with Crippen LogP contribution in [0.15, 0.2) is 12.7 Å². The first-order valence-corrected chi connectivity index (χ1v) is 6.35. The minimum absolute atomic E-state index is 0.0697. The second-order valence-corrected chi connectivity index (χ2v) is 5.08. The van der Waals surface area contributed by atoms with Gasteiger partial charge in [0.15, 0.2) is 0 Å². The lowest BCUT2D eigenvalue weighted by Gasteiger charge is -2.19. The Labute approximate surface area is 112 Å². The maximum Gasteiger partial charge on any atom is 0.550 e. The highest BCUT2D eigenvalue weighted by Gasteiger charge is 2.21. The van der Waals surface area contributed by atoms with Crippen LogP contribution in [0, 0.1) is 11.7 Å². The fourth-order valence-electron chi connectivity index (χ4n) is 1.13. The molecule has 0 fully saturated rings. The predicted molar refractivity (Wildman–Crippen MR) is 76.2 cm³/mol. The van der Waals surface area contributed by atoms with Gasteiger partial charge in [-0.1, -0.05) is 17.8 Å². The maximum atomic E-state index is 5.59. The van der Waals surface area contributed by atoms with Crippen molar-refractivity contribution in [2.45, 2.75) is 59.4 Å². The summed E-state index contributed by atoms with van der Waals surface area (Å²) in [5.74, 6) is 6.01. The summed E-state index contributed by atoms with van der Waals surface area (Å²) < 4.78 is 16.7. The van der Waals surface area contributed by atoms with Crippen molar-refractivity contribution in [1.82, 2.24) is 0 Å². The van der Waals surface area contributed by atoms with Crippen LogP contribution in [-0.2, 0) is 14.0 Å². The summed E-state index contributed by atoms with van der Waals surface area (Å²) in [4.78, 5) is 0. The second kappa shape index (κ2) is 8.36. The summed E-state index contributed by atoms with van der Waals surface area (Å²) >= 11 is 0. The van der Waals surface area contributed by atoms with Gasteiger partial charge in [0.1, 0.15) is 5.60 Å². The molecule has 18 heavy (non-hydrogen) atoms. The zero-order valence-corrected chi connectivity index (χ0v) is 12.4. The van der Waals surface area contributed by atoms with E-state index in [4.69, 9.17) is 14.0 Å². The van der Waals surface area contributed by atoms with E-state index >= 15 is 0 Å². The van der Waals surface area contributed by atoms with E-state index in [1.165, 1.54) is 0 Å². The van der Waals surface area contributed by atoms with Gasteiger partial charge >= 0.3 is 7.12 Å². The van der Waals surface area contributed by atoms with Crippen LogP contribution in [0.3, 0.4) is 0 Å². The molecule has 0 heterocycles. The Morgan fingerprint density at radius 1 is 1.17 bits per heavy atom. The molecule has 4 heteroatoms. The summed E-state index contributed by atoms with van der Waals surface area (Å²) in [6.07, 6.45) is 1.84. The monoisotopic (exact) mass is 252 g/mol. The highest BCUT2D eigenvalue weighted by Crippen LogP contribution is 2.08. The van der Waals surface area contributed by atoms with Gasteiger partial charge in [-0.25, -0.2) is 0 Å². The van der Waals surface area contributed by atoms with Crippen molar-refractivity contribution in [2.75, 3.05) is 6.61 Å². The lowest BCUT2D eigenvalue weighted by atomic mass is 9.89. The van der Waals surface area contributed by atoms with Gasteiger partial charge in [0.05, 0.1) is 6.61 Å². The molecule has 0 unspecified atom stereocenters. The Hall–Kier alpha value is -0.755. The van der Waals surface area contributed by atoms with Crippen LogP contribution >= 0.6 is 0 Å². The molecule has 0 amide bonds. The van der Waals surface area contributed by atoms with Crippen LogP contribution in [0.2, 0.25) is 0 Å². The van der Waals surface area contributed by atoms with Crippen LogP contribution in [0.25, 0.3) is 0 Å². The van der Waals surface area contributed by atoms with Gasteiger partial charge in [-0.2, -0.15) is 0 Å². The third-order valence-electron chi connectivity index (χ3n) is 1.84. The molecule has 0 aromatic heterocycles. The fraction of sp³-hybridized carbons (Fsp3) is 0.714. The molecule has 0 aromatic rings. The topological polar surface area (TPSA) is 27.7 Å². The molecular weight excluding hydrogens is 227 g/mol. The molecular formula is C14H25BO3. The standard InChI is InChI=1S/C14H25BO3/c1-8-11-16-14(6,7)9-10-15(17-12(2)3)18-13(4)5/h8,12-13H,1,11H2,2-7H3. The van der Waals surface area contributed by atoms with Crippen molar-refractivity contribution in [1.29, 1.82) is 0 Å². The lowest BCUT2D eigenvalue weighted by Crippen LogP contribution is -2.30.